The van der Waals surface area contributed by atoms with Crippen LogP contribution in [0.25, 0.3) is 0 Å². The molecule has 0 unspecified atom stereocenters. The van der Waals surface area contributed by atoms with E-state index >= 15 is 0 Å². The van der Waals surface area contributed by atoms with Crippen molar-refractivity contribution in [3.63, 3.8) is 0 Å². The van der Waals surface area contributed by atoms with Gasteiger partial charge < -0.3 is 4.74 Å². The number of hydrogen-bond donors (Lipinski definition) is 1. The SMILES string of the molecule is CC1(C)CCC(OCC(C)(C)CS(N)(=O)=O)CC1. The van der Waals surface area contributed by atoms with Gasteiger partial charge in [0.1, 0.15) is 0 Å². The lowest BCUT2D eigenvalue weighted by Gasteiger charge is -2.35. The molecule has 18 heavy (non-hydrogen) atoms. The Balaban J connectivity index is 2.37. The fourth-order valence-electron chi connectivity index (χ4n) is 2.47. The largest absolute Gasteiger partial charge is 0.378 e. The van der Waals surface area contributed by atoms with E-state index in [9.17, 15) is 8.42 Å². The summed E-state index contributed by atoms with van der Waals surface area (Å²) < 4.78 is 28.1. The zero-order valence-corrected chi connectivity index (χ0v) is 12.8. The maximum Gasteiger partial charge on any atom is 0.209 e. The van der Waals surface area contributed by atoms with Crippen LogP contribution in [0.3, 0.4) is 0 Å². The van der Waals surface area contributed by atoms with E-state index in [0.29, 0.717) is 12.0 Å². The molecule has 0 amide bonds. The van der Waals surface area contributed by atoms with Crippen molar-refractivity contribution in [2.75, 3.05) is 12.4 Å². The van der Waals surface area contributed by atoms with Gasteiger partial charge in [-0.05, 0) is 31.1 Å². The molecule has 5 heteroatoms. The minimum absolute atomic E-state index is 0.0296. The Hall–Kier alpha value is -0.130. The minimum atomic E-state index is -3.43. The van der Waals surface area contributed by atoms with Gasteiger partial charge in [0, 0.05) is 5.41 Å². The molecule has 0 bridgehead atoms. The maximum absolute atomic E-state index is 11.1. The number of hydrogen-bond acceptors (Lipinski definition) is 3. The van der Waals surface area contributed by atoms with Crippen molar-refractivity contribution < 1.29 is 13.2 Å². The molecule has 1 saturated carbocycles. The van der Waals surface area contributed by atoms with Crippen molar-refractivity contribution in [2.24, 2.45) is 16.0 Å². The van der Waals surface area contributed by atoms with Crippen LogP contribution < -0.4 is 5.14 Å². The number of rotatable bonds is 5. The molecule has 1 aliphatic rings. The Morgan fingerprint density at radius 1 is 1.28 bits per heavy atom. The van der Waals surface area contributed by atoms with E-state index in [1.54, 1.807) is 0 Å². The van der Waals surface area contributed by atoms with E-state index < -0.39 is 15.4 Å². The van der Waals surface area contributed by atoms with Gasteiger partial charge in [0.25, 0.3) is 0 Å². The first kappa shape index (κ1) is 15.9. The average molecular weight is 277 g/mol. The highest BCUT2D eigenvalue weighted by Gasteiger charge is 2.30. The number of primary sulfonamides is 1. The molecule has 0 aromatic carbocycles. The standard InChI is InChI=1S/C13H27NO3S/c1-12(2)7-5-11(6-8-12)17-9-13(3,4)10-18(14,15)16/h11H,5-10H2,1-4H3,(H2,14,15,16). The van der Waals surface area contributed by atoms with Crippen LogP contribution >= 0.6 is 0 Å². The van der Waals surface area contributed by atoms with Crippen LogP contribution in [-0.4, -0.2) is 26.9 Å². The second-order valence-corrected chi connectivity index (χ2v) is 8.76. The van der Waals surface area contributed by atoms with Gasteiger partial charge in [0.2, 0.25) is 10.0 Å². The van der Waals surface area contributed by atoms with Crippen LogP contribution in [0.15, 0.2) is 0 Å². The van der Waals surface area contributed by atoms with Gasteiger partial charge in [-0.3, -0.25) is 0 Å². The molecule has 1 fully saturated rings. The van der Waals surface area contributed by atoms with E-state index in [0.717, 1.165) is 12.8 Å². The first-order valence-corrected chi connectivity index (χ1v) is 8.33. The van der Waals surface area contributed by atoms with Crippen LogP contribution in [0.2, 0.25) is 0 Å². The van der Waals surface area contributed by atoms with E-state index in [-0.39, 0.29) is 11.9 Å². The lowest BCUT2D eigenvalue weighted by Crippen LogP contribution is -2.35. The first-order valence-electron chi connectivity index (χ1n) is 6.61. The van der Waals surface area contributed by atoms with Crippen LogP contribution in [0, 0.1) is 10.8 Å². The second kappa shape index (κ2) is 5.47. The monoisotopic (exact) mass is 277 g/mol. The molecule has 2 N–H and O–H groups in total. The van der Waals surface area contributed by atoms with E-state index in [2.05, 4.69) is 13.8 Å². The predicted molar refractivity (Wildman–Crippen MR) is 73.7 cm³/mol. The highest BCUT2D eigenvalue weighted by Crippen LogP contribution is 2.36. The fraction of sp³-hybridized carbons (Fsp3) is 1.00. The summed E-state index contributed by atoms with van der Waals surface area (Å²) in [6.07, 6.45) is 4.76. The molecular formula is C13H27NO3S. The lowest BCUT2D eigenvalue weighted by atomic mass is 9.76. The van der Waals surface area contributed by atoms with Crippen LogP contribution in [0.5, 0.6) is 0 Å². The molecule has 0 aromatic rings. The minimum Gasteiger partial charge on any atom is -0.378 e. The zero-order chi connectivity index (χ0) is 14.0. The normalized spacial score (nSPS) is 22.1. The molecule has 0 atom stereocenters. The summed E-state index contributed by atoms with van der Waals surface area (Å²) in [5.74, 6) is -0.0296. The number of ether oxygens (including phenoxy) is 1. The summed E-state index contributed by atoms with van der Waals surface area (Å²) in [5, 5.41) is 5.08. The van der Waals surface area contributed by atoms with Crippen molar-refractivity contribution in [1.29, 1.82) is 0 Å². The second-order valence-electron chi connectivity index (χ2n) is 7.15. The van der Waals surface area contributed by atoms with E-state index in [1.165, 1.54) is 12.8 Å². The van der Waals surface area contributed by atoms with Crippen LogP contribution in [-0.2, 0) is 14.8 Å². The van der Waals surface area contributed by atoms with Gasteiger partial charge in [-0.25, -0.2) is 13.6 Å². The Labute approximate surface area is 111 Å². The summed E-state index contributed by atoms with van der Waals surface area (Å²) in [5.41, 5.74) is 0.0104. The van der Waals surface area contributed by atoms with Crippen molar-refractivity contribution in [2.45, 2.75) is 59.5 Å². The van der Waals surface area contributed by atoms with E-state index in [4.69, 9.17) is 9.88 Å². The summed E-state index contributed by atoms with van der Waals surface area (Å²) in [6.45, 7) is 8.78. The van der Waals surface area contributed by atoms with E-state index in [1.807, 2.05) is 13.8 Å². The third-order valence-corrected chi connectivity index (χ3v) is 4.77. The molecular weight excluding hydrogens is 250 g/mol. The quantitative estimate of drug-likeness (QED) is 0.838. The zero-order valence-electron chi connectivity index (χ0n) is 12.0. The summed E-state index contributed by atoms with van der Waals surface area (Å²) in [4.78, 5) is 0. The van der Waals surface area contributed by atoms with Gasteiger partial charge in [-0.2, -0.15) is 0 Å². The van der Waals surface area contributed by atoms with Crippen LogP contribution in [0.4, 0.5) is 0 Å². The summed E-state index contributed by atoms with van der Waals surface area (Å²) >= 11 is 0. The summed E-state index contributed by atoms with van der Waals surface area (Å²) in [7, 11) is -3.43. The Morgan fingerprint density at radius 3 is 2.22 bits per heavy atom. The number of nitrogens with two attached hydrogens (primary N) is 1. The Morgan fingerprint density at radius 2 is 1.78 bits per heavy atom. The van der Waals surface area contributed by atoms with Gasteiger partial charge in [-0.1, -0.05) is 27.7 Å². The van der Waals surface area contributed by atoms with Gasteiger partial charge in [0.15, 0.2) is 0 Å². The fourth-order valence-corrected chi connectivity index (χ4v) is 3.64. The highest BCUT2D eigenvalue weighted by molar-refractivity contribution is 7.89. The first-order chi connectivity index (χ1) is 7.99. The van der Waals surface area contributed by atoms with Crippen molar-refractivity contribution in [3.05, 3.63) is 0 Å². The van der Waals surface area contributed by atoms with Gasteiger partial charge in [-0.15, -0.1) is 0 Å². The average Bonchev–Trinajstić information content (AvgIpc) is 2.12. The Kier molecular flexibility index (Phi) is 4.84. The molecule has 0 heterocycles. The number of sulfonamides is 1. The molecule has 1 aliphatic carbocycles. The molecule has 1 rings (SSSR count). The summed E-state index contributed by atoms with van der Waals surface area (Å²) in [6, 6.07) is 0. The Bertz CT molecular complexity index is 364. The lowest BCUT2D eigenvalue weighted by molar-refractivity contribution is -0.0258. The molecule has 4 nitrogen and oxygen atoms in total. The molecule has 0 radical (unpaired) electrons. The molecule has 0 aromatic heterocycles. The molecule has 0 aliphatic heterocycles. The third kappa shape index (κ3) is 6.16. The van der Waals surface area contributed by atoms with Crippen molar-refractivity contribution >= 4 is 10.0 Å². The molecule has 0 saturated heterocycles. The smallest absolute Gasteiger partial charge is 0.209 e. The van der Waals surface area contributed by atoms with Gasteiger partial charge in [0.05, 0.1) is 18.5 Å². The van der Waals surface area contributed by atoms with Crippen molar-refractivity contribution in [3.8, 4) is 0 Å². The third-order valence-electron chi connectivity index (χ3n) is 3.59. The predicted octanol–water partition coefficient (Wildman–Crippen LogP) is 2.29. The molecule has 108 valence electrons. The maximum atomic E-state index is 11.1. The highest BCUT2D eigenvalue weighted by atomic mass is 32.2. The topological polar surface area (TPSA) is 69.4 Å². The van der Waals surface area contributed by atoms with Crippen molar-refractivity contribution in [1.82, 2.24) is 0 Å². The molecule has 0 spiro atoms. The van der Waals surface area contributed by atoms with Gasteiger partial charge >= 0.3 is 0 Å². The van der Waals surface area contributed by atoms with Crippen LogP contribution in [0.1, 0.15) is 53.4 Å².